The maximum atomic E-state index is 9.04. The second-order valence-electron chi connectivity index (χ2n) is 6.18. The summed E-state index contributed by atoms with van der Waals surface area (Å²) in [5, 5.41) is 18.1. The van der Waals surface area contributed by atoms with Gasteiger partial charge in [0.2, 0.25) is 0 Å². The van der Waals surface area contributed by atoms with Crippen LogP contribution in [-0.4, -0.2) is 17.2 Å². The van der Waals surface area contributed by atoms with Gasteiger partial charge in [-0.25, -0.2) is 0 Å². The predicted octanol–water partition coefficient (Wildman–Crippen LogP) is 2.24. The van der Waals surface area contributed by atoms with Gasteiger partial charge in [-0.05, 0) is 34.1 Å². The van der Waals surface area contributed by atoms with Gasteiger partial charge in [0.15, 0.2) is 0 Å². The molecule has 0 atom stereocenters. The molecule has 0 aliphatic carbocycles. The minimum atomic E-state index is -1.43. The number of rotatable bonds is 4. The predicted molar refractivity (Wildman–Crippen MR) is 85.7 cm³/mol. The summed E-state index contributed by atoms with van der Waals surface area (Å²) in [4.78, 5) is 0. The molecule has 2 aromatic rings. The summed E-state index contributed by atoms with van der Waals surface area (Å²) in [6.07, 6.45) is 0. The Kier molecular flexibility index (Phi) is 4.71. The zero-order chi connectivity index (χ0) is 15.5. The van der Waals surface area contributed by atoms with Crippen LogP contribution < -0.4 is 10.2 Å². The molecule has 0 aliphatic rings. The molecule has 4 heteroatoms. The van der Waals surface area contributed by atoms with Crippen LogP contribution in [-0.2, 0) is 12.0 Å². The summed E-state index contributed by atoms with van der Waals surface area (Å²) < 4.78 is 5.74. The Hall–Kier alpha value is -1.78. The summed E-state index contributed by atoms with van der Waals surface area (Å²) in [5.41, 5.74) is 2.88. The monoisotopic (exact) mass is 284 g/mol. The number of benzene rings is 2. The lowest BCUT2D eigenvalue weighted by atomic mass is 9.80. The van der Waals surface area contributed by atoms with Crippen LogP contribution in [0, 0.1) is 0 Å². The Bertz CT molecular complexity index is 568. The maximum absolute atomic E-state index is 9.04. The normalized spacial score (nSPS) is 11.3. The lowest BCUT2D eigenvalue weighted by molar-refractivity contribution is 0.306. The van der Waals surface area contributed by atoms with E-state index in [1.54, 1.807) is 12.1 Å². The molecule has 0 amide bonds. The number of hydrogen-bond donors (Lipinski definition) is 2. The first-order valence-corrected chi connectivity index (χ1v) is 7.04. The Morgan fingerprint density at radius 1 is 0.905 bits per heavy atom. The summed E-state index contributed by atoms with van der Waals surface area (Å²) in [6.45, 7) is 7.00. The Labute approximate surface area is 126 Å². The summed E-state index contributed by atoms with van der Waals surface area (Å²) in [6, 6.07) is 15.2. The number of hydrogen-bond acceptors (Lipinski definition) is 3. The van der Waals surface area contributed by atoms with Crippen molar-refractivity contribution in [2.24, 2.45) is 0 Å². The van der Waals surface area contributed by atoms with E-state index in [1.807, 2.05) is 24.3 Å². The van der Waals surface area contributed by atoms with E-state index in [0.717, 1.165) is 11.3 Å². The third kappa shape index (κ3) is 4.35. The molecule has 110 valence electrons. The standard InChI is InChI=1S/C17H21BO3/c1-17(2,3)14-6-10-16(11-7-14)21-12-13-4-8-15(9-5-13)18(19)20/h4-11,19-20H,12H2,1-3H3. The van der Waals surface area contributed by atoms with E-state index in [4.69, 9.17) is 14.8 Å². The van der Waals surface area contributed by atoms with Gasteiger partial charge < -0.3 is 14.8 Å². The van der Waals surface area contributed by atoms with Gasteiger partial charge in [-0.1, -0.05) is 57.2 Å². The van der Waals surface area contributed by atoms with Crippen LogP contribution in [0.2, 0.25) is 0 Å². The van der Waals surface area contributed by atoms with Gasteiger partial charge >= 0.3 is 7.12 Å². The third-order valence-corrected chi connectivity index (χ3v) is 3.40. The van der Waals surface area contributed by atoms with Crippen molar-refractivity contribution in [2.75, 3.05) is 0 Å². The zero-order valence-electron chi connectivity index (χ0n) is 12.7. The van der Waals surface area contributed by atoms with Gasteiger partial charge in [-0.15, -0.1) is 0 Å². The van der Waals surface area contributed by atoms with Crippen molar-refractivity contribution in [3.05, 3.63) is 59.7 Å². The fourth-order valence-electron chi connectivity index (χ4n) is 2.00. The minimum absolute atomic E-state index is 0.138. The van der Waals surface area contributed by atoms with E-state index < -0.39 is 7.12 Å². The lowest BCUT2D eigenvalue weighted by Gasteiger charge is -2.19. The van der Waals surface area contributed by atoms with Crippen LogP contribution in [0.25, 0.3) is 0 Å². The molecule has 3 nitrogen and oxygen atoms in total. The maximum Gasteiger partial charge on any atom is 0.488 e. The molecular formula is C17H21BO3. The third-order valence-electron chi connectivity index (χ3n) is 3.40. The first-order valence-electron chi connectivity index (χ1n) is 7.04. The molecule has 21 heavy (non-hydrogen) atoms. The van der Waals surface area contributed by atoms with Gasteiger partial charge in [0, 0.05) is 0 Å². The van der Waals surface area contributed by atoms with E-state index in [2.05, 4.69) is 32.9 Å². The van der Waals surface area contributed by atoms with Crippen molar-refractivity contribution >= 4 is 12.6 Å². The average molecular weight is 284 g/mol. The van der Waals surface area contributed by atoms with Gasteiger partial charge in [0.05, 0.1) is 0 Å². The Morgan fingerprint density at radius 2 is 1.48 bits per heavy atom. The highest BCUT2D eigenvalue weighted by Gasteiger charge is 2.13. The minimum Gasteiger partial charge on any atom is -0.489 e. The fraction of sp³-hybridized carbons (Fsp3) is 0.294. The van der Waals surface area contributed by atoms with Gasteiger partial charge in [0.1, 0.15) is 12.4 Å². The molecule has 0 bridgehead atoms. The molecule has 2 rings (SSSR count). The van der Waals surface area contributed by atoms with E-state index in [9.17, 15) is 0 Å². The van der Waals surface area contributed by atoms with Crippen molar-refractivity contribution in [3.63, 3.8) is 0 Å². The molecule has 0 saturated carbocycles. The summed E-state index contributed by atoms with van der Waals surface area (Å²) >= 11 is 0. The molecule has 0 spiro atoms. The molecule has 0 fully saturated rings. The lowest BCUT2D eigenvalue weighted by Crippen LogP contribution is -2.29. The first kappa shape index (κ1) is 15.6. The van der Waals surface area contributed by atoms with Crippen LogP contribution in [0.15, 0.2) is 48.5 Å². The fourth-order valence-corrected chi connectivity index (χ4v) is 2.00. The van der Waals surface area contributed by atoms with Crippen molar-refractivity contribution in [2.45, 2.75) is 32.8 Å². The van der Waals surface area contributed by atoms with Crippen molar-refractivity contribution < 1.29 is 14.8 Å². The molecule has 0 heterocycles. The largest absolute Gasteiger partial charge is 0.489 e. The zero-order valence-corrected chi connectivity index (χ0v) is 12.7. The Morgan fingerprint density at radius 3 is 1.95 bits per heavy atom. The van der Waals surface area contributed by atoms with Crippen molar-refractivity contribution in [3.8, 4) is 5.75 Å². The topological polar surface area (TPSA) is 49.7 Å². The summed E-state index contributed by atoms with van der Waals surface area (Å²) in [5.74, 6) is 0.828. The highest BCUT2D eigenvalue weighted by atomic mass is 16.5. The molecule has 0 aromatic heterocycles. The SMILES string of the molecule is CC(C)(C)c1ccc(OCc2ccc(B(O)O)cc2)cc1. The van der Waals surface area contributed by atoms with Crippen LogP contribution in [0.5, 0.6) is 5.75 Å². The number of ether oxygens (including phenoxy) is 1. The quantitative estimate of drug-likeness (QED) is 0.847. The highest BCUT2D eigenvalue weighted by Crippen LogP contribution is 2.24. The summed E-state index contributed by atoms with van der Waals surface area (Å²) in [7, 11) is -1.43. The van der Waals surface area contributed by atoms with Crippen LogP contribution in [0.3, 0.4) is 0 Å². The van der Waals surface area contributed by atoms with E-state index in [1.165, 1.54) is 5.56 Å². The molecule has 0 radical (unpaired) electrons. The molecular weight excluding hydrogens is 263 g/mol. The second kappa shape index (κ2) is 6.33. The van der Waals surface area contributed by atoms with Crippen LogP contribution in [0.1, 0.15) is 31.9 Å². The first-order chi connectivity index (χ1) is 9.86. The van der Waals surface area contributed by atoms with Crippen LogP contribution >= 0.6 is 0 Å². The van der Waals surface area contributed by atoms with Crippen molar-refractivity contribution in [1.82, 2.24) is 0 Å². The highest BCUT2D eigenvalue weighted by molar-refractivity contribution is 6.58. The van der Waals surface area contributed by atoms with Gasteiger partial charge in [-0.3, -0.25) is 0 Å². The molecule has 2 N–H and O–H groups in total. The van der Waals surface area contributed by atoms with Crippen molar-refractivity contribution in [1.29, 1.82) is 0 Å². The molecule has 0 unspecified atom stereocenters. The van der Waals surface area contributed by atoms with E-state index in [-0.39, 0.29) is 5.41 Å². The second-order valence-corrected chi connectivity index (χ2v) is 6.18. The van der Waals surface area contributed by atoms with Gasteiger partial charge in [-0.2, -0.15) is 0 Å². The van der Waals surface area contributed by atoms with Crippen LogP contribution in [0.4, 0.5) is 0 Å². The Balaban J connectivity index is 1.96. The average Bonchev–Trinajstić information content (AvgIpc) is 2.45. The van der Waals surface area contributed by atoms with Gasteiger partial charge in [0.25, 0.3) is 0 Å². The molecule has 0 aliphatic heterocycles. The van der Waals surface area contributed by atoms with E-state index >= 15 is 0 Å². The molecule has 0 saturated heterocycles. The van der Waals surface area contributed by atoms with E-state index in [0.29, 0.717) is 12.1 Å². The molecule has 2 aromatic carbocycles. The smallest absolute Gasteiger partial charge is 0.488 e.